The smallest absolute Gasteiger partial charge is 0.204 e. The van der Waals surface area contributed by atoms with Crippen LogP contribution >= 0.6 is 11.6 Å². The molecular weight excluding hydrogens is 222 g/mol. The molecule has 1 fully saturated rings. The van der Waals surface area contributed by atoms with Crippen LogP contribution in [0.5, 0.6) is 0 Å². The van der Waals surface area contributed by atoms with Gasteiger partial charge >= 0.3 is 0 Å². The number of halogens is 1. The summed E-state index contributed by atoms with van der Waals surface area (Å²) in [4.78, 5) is 4.42. The van der Waals surface area contributed by atoms with Crippen LogP contribution in [0.15, 0.2) is 18.2 Å². The van der Waals surface area contributed by atoms with Gasteiger partial charge in [0.1, 0.15) is 0 Å². The summed E-state index contributed by atoms with van der Waals surface area (Å²) in [5, 5.41) is 3.96. The number of imidazole rings is 1. The molecule has 0 spiro atoms. The molecule has 3 nitrogen and oxygen atoms in total. The number of rotatable bonds is 1. The third-order valence-electron chi connectivity index (χ3n) is 3.20. The van der Waals surface area contributed by atoms with Crippen molar-refractivity contribution in [2.45, 2.75) is 19.4 Å². The normalized spacial score (nSPS) is 20.8. The standard InChI is InChI=1S/C12H14ClN3/c1-8-2-3-11-10(6-8)15-12(13)16(11)9-4-5-14-7-9/h2-3,6,9,14H,4-5,7H2,1H3. The first kappa shape index (κ1) is 10.1. The predicted octanol–water partition coefficient (Wildman–Crippen LogP) is 2.53. The van der Waals surface area contributed by atoms with Crippen molar-refractivity contribution in [3.63, 3.8) is 0 Å². The van der Waals surface area contributed by atoms with Gasteiger partial charge in [0, 0.05) is 6.54 Å². The average Bonchev–Trinajstić information content (AvgIpc) is 2.83. The number of nitrogens with zero attached hydrogens (tertiary/aromatic N) is 2. The third kappa shape index (κ3) is 1.51. The molecule has 0 aliphatic carbocycles. The van der Waals surface area contributed by atoms with Gasteiger partial charge < -0.3 is 9.88 Å². The summed E-state index contributed by atoms with van der Waals surface area (Å²) < 4.78 is 2.15. The zero-order chi connectivity index (χ0) is 11.1. The van der Waals surface area contributed by atoms with Gasteiger partial charge in [-0.1, -0.05) is 6.07 Å². The van der Waals surface area contributed by atoms with Crippen molar-refractivity contribution in [2.75, 3.05) is 13.1 Å². The minimum Gasteiger partial charge on any atom is -0.315 e. The fourth-order valence-corrected chi connectivity index (χ4v) is 2.71. The molecule has 1 saturated heterocycles. The molecule has 1 aromatic carbocycles. The predicted molar refractivity (Wildman–Crippen MR) is 66.0 cm³/mol. The lowest BCUT2D eigenvalue weighted by molar-refractivity contribution is 0.562. The van der Waals surface area contributed by atoms with Gasteiger partial charge in [0.25, 0.3) is 0 Å². The van der Waals surface area contributed by atoms with E-state index in [0.717, 1.165) is 30.5 Å². The molecule has 84 valence electrons. The number of hydrogen-bond donors (Lipinski definition) is 1. The molecule has 0 amide bonds. The summed E-state index contributed by atoms with van der Waals surface area (Å²) in [6, 6.07) is 6.75. The lowest BCUT2D eigenvalue weighted by atomic mass is 10.2. The second kappa shape index (κ2) is 3.75. The molecule has 0 saturated carbocycles. The van der Waals surface area contributed by atoms with Gasteiger partial charge in [-0.25, -0.2) is 4.98 Å². The summed E-state index contributed by atoms with van der Waals surface area (Å²) in [7, 11) is 0. The maximum atomic E-state index is 6.22. The van der Waals surface area contributed by atoms with Crippen molar-refractivity contribution in [3.8, 4) is 0 Å². The third-order valence-corrected chi connectivity index (χ3v) is 3.47. The van der Waals surface area contributed by atoms with Crippen LogP contribution in [-0.4, -0.2) is 22.6 Å². The van der Waals surface area contributed by atoms with E-state index in [4.69, 9.17) is 11.6 Å². The van der Waals surface area contributed by atoms with E-state index in [2.05, 4.69) is 40.0 Å². The van der Waals surface area contributed by atoms with Crippen LogP contribution in [0.1, 0.15) is 18.0 Å². The fraction of sp³-hybridized carbons (Fsp3) is 0.417. The molecule has 1 aromatic heterocycles. The van der Waals surface area contributed by atoms with Crippen LogP contribution in [0.25, 0.3) is 11.0 Å². The molecule has 4 heteroatoms. The Labute approximate surface area is 99.4 Å². The molecule has 1 aliphatic rings. The maximum Gasteiger partial charge on any atom is 0.204 e. The summed E-state index contributed by atoms with van der Waals surface area (Å²) in [6.07, 6.45) is 1.12. The van der Waals surface area contributed by atoms with Gasteiger partial charge in [-0.05, 0) is 49.2 Å². The number of fused-ring (bicyclic) bond motifs is 1. The molecule has 1 aliphatic heterocycles. The SMILES string of the molecule is Cc1ccc2c(c1)nc(Cl)n2C1CCNC1. The topological polar surface area (TPSA) is 29.9 Å². The van der Waals surface area contributed by atoms with E-state index in [1.165, 1.54) is 5.56 Å². The Morgan fingerprint density at radius 1 is 1.50 bits per heavy atom. The minimum atomic E-state index is 0.445. The first-order valence-corrected chi connectivity index (χ1v) is 5.98. The van der Waals surface area contributed by atoms with Crippen LogP contribution in [0.4, 0.5) is 0 Å². The van der Waals surface area contributed by atoms with Crippen LogP contribution in [-0.2, 0) is 0 Å². The van der Waals surface area contributed by atoms with Crippen molar-refractivity contribution in [1.29, 1.82) is 0 Å². The Balaban J connectivity index is 2.18. The highest BCUT2D eigenvalue weighted by Crippen LogP contribution is 2.27. The van der Waals surface area contributed by atoms with Gasteiger partial charge in [-0.3, -0.25) is 0 Å². The number of hydrogen-bond acceptors (Lipinski definition) is 2. The van der Waals surface area contributed by atoms with E-state index >= 15 is 0 Å². The summed E-state index contributed by atoms with van der Waals surface area (Å²) in [5.74, 6) is 0. The molecule has 3 rings (SSSR count). The first-order chi connectivity index (χ1) is 7.75. The molecule has 2 heterocycles. The zero-order valence-electron chi connectivity index (χ0n) is 9.20. The molecule has 1 atom stereocenters. The second-order valence-corrected chi connectivity index (χ2v) is 4.73. The highest BCUT2D eigenvalue weighted by molar-refractivity contribution is 6.29. The molecule has 0 radical (unpaired) electrons. The van der Waals surface area contributed by atoms with E-state index in [9.17, 15) is 0 Å². The number of aromatic nitrogens is 2. The second-order valence-electron chi connectivity index (χ2n) is 4.39. The molecular formula is C12H14ClN3. The summed E-state index contributed by atoms with van der Waals surface area (Å²) in [5.41, 5.74) is 3.36. The largest absolute Gasteiger partial charge is 0.315 e. The quantitative estimate of drug-likeness (QED) is 0.823. The molecule has 1 unspecified atom stereocenters. The van der Waals surface area contributed by atoms with E-state index in [1.54, 1.807) is 0 Å². The Morgan fingerprint density at radius 2 is 2.38 bits per heavy atom. The van der Waals surface area contributed by atoms with Gasteiger partial charge in [0.15, 0.2) is 0 Å². The van der Waals surface area contributed by atoms with E-state index in [1.807, 2.05) is 0 Å². The van der Waals surface area contributed by atoms with E-state index in [-0.39, 0.29) is 0 Å². The number of benzene rings is 1. The van der Waals surface area contributed by atoms with Gasteiger partial charge in [0.05, 0.1) is 17.1 Å². The fourth-order valence-electron chi connectivity index (χ4n) is 2.39. The lowest BCUT2D eigenvalue weighted by Crippen LogP contribution is -2.13. The maximum absolute atomic E-state index is 6.22. The molecule has 2 aromatic rings. The van der Waals surface area contributed by atoms with Crippen LogP contribution < -0.4 is 5.32 Å². The van der Waals surface area contributed by atoms with Crippen LogP contribution in [0.3, 0.4) is 0 Å². The number of nitrogens with one attached hydrogen (secondary N) is 1. The first-order valence-electron chi connectivity index (χ1n) is 5.60. The highest BCUT2D eigenvalue weighted by atomic mass is 35.5. The van der Waals surface area contributed by atoms with Crippen molar-refractivity contribution in [1.82, 2.24) is 14.9 Å². The van der Waals surface area contributed by atoms with E-state index < -0.39 is 0 Å². The number of aryl methyl sites for hydroxylation is 1. The van der Waals surface area contributed by atoms with E-state index in [0.29, 0.717) is 11.3 Å². The van der Waals surface area contributed by atoms with Crippen LogP contribution in [0, 0.1) is 6.92 Å². The van der Waals surface area contributed by atoms with Crippen molar-refractivity contribution in [2.24, 2.45) is 0 Å². The van der Waals surface area contributed by atoms with Gasteiger partial charge in [-0.2, -0.15) is 0 Å². The van der Waals surface area contributed by atoms with Crippen molar-refractivity contribution in [3.05, 3.63) is 29.0 Å². The Morgan fingerprint density at radius 3 is 3.12 bits per heavy atom. The molecule has 1 N–H and O–H groups in total. The summed E-state index contributed by atoms with van der Waals surface area (Å²) in [6.45, 7) is 4.12. The van der Waals surface area contributed by atoms with Crippen molar-refractivity contribution >= 4 is 22.6 Å². The summed E-state index contributed by atoms with van der Waals surface area (Å²) >= 11 is 6.22. The lowest BCUT2D eigenvalue weighted by Gasteiger charge is -2.12. The van der Waals surface area contributed by atoms with Crippen LogP contribution in [0.2, 0.25) is 5.28 Å². The monoisotopic (exact) mass is 235 g/mol. The Bertz CT molecular complexity index is 526. The molecule has 16 heavy (non-hydrogen) atoms. The Kier molecular flexibility index (Phi) is 2.37. The average molecular weight is 236 g/mol. The molecule has 0 bridgehead atoms. The Hall–Kier alpha value is -1.06. The van der Waals surface area contributed by atoms with Gasteiger partial charge in [-0.15, -0.1) is 0 Å². The minimum absolute atomic E-state index is 0.445. The highest BCUT2D eigenvalue weighted by Gasteiger charge is 2.21. The zero-order valence-corrected chi connectivity index (χ0v) is 9.96. The van der Waals surface area contributed by atoms with Gasteiger partial charge in [0.2, 0.25) is 5.28 Å². The van der Waals surface area contributed by atoms with Crippen molar-refractivity contribution < 1.29 is 0 Å².